The first-order valence-electron chi connectivity index (χ1n) is 4.28. The average molecular weight is 140 g/mol. The van der Waals surface area contributed by atoms with Crippen LogP contribution in [0.25, 0.3) is 0 Å². The van der Waals surface area contributed by atoms with Gasteiger partial charge in [0.05, 0.1) is 0 Å². The van der Waals surface area contributed by atoms with Gasteiger partial charge in [0.25, 0.3) is 0 Å². The molecule has 1 rings (SSSR count). The summed E-state index contributed by atoms with van der Waals surface area (Å²) in [6, 6.07) is 0. The Morgan fingerprint density at radius 1 is 1.50 bits per heavy atom. The van der Waals surface area contributed by atoms with Crippen molar-refractivity contribution in [3.05, 3.63) is 0 Å². The summed E-state index contributed by atoms with van der Waals surface area (Å²) in [5, 5.41) is 0. The van der Waals surface area contributed by atoms with E-state index < -0.39 is 0 Å². The van der Waals surface area contributed by atoms with Crippen molar-refractivity contribution < 1.29 is 4.79 Å². The Labute approximate surface area is 62.8 Å². The van der Waals surface area contributed by atoms with Gasteiger partial charge in [0, 0.05) is 6.42 Å². The maximum absolute atomic E-state index is 10.5. The minimum Gasteiger partial charge on any atom is -0.300 e. The van der Waals surface area contributed by atoms with Crippen molar-refractivity contribution >= 4 is 5.78 Å². The van der Waals surface area contributed by atoms with Gasteiger partial charge in [-0.2, -0.15) is 0 Å². The molecule has 0 radical (unpaired) electrons. The van der Waals surface area contributed by atoms with Crippen LogP contribution >= 0.6 is 0 Å². The number of hydrogen-bond donors (Lipinski definition) is 0. The molecule has 1 fully saturated rings. The second-order valence-corrected chi connectivity index (χ2v) is 3.39. The predicted molar refractivity (Wildman–Crippen MR) is 41.9 cm³/mol. The summed E-state index contributed by atoms with van der Waals surface area (Å²) in [4.78, 5) is 10.5. The Morgan fingerprint density at radius 2 is 2.20 bits per heavy atom. The summed E-state index contributed by atoms with van der Waals surface area (Å²) in [6.45, 7) is 1.68. The van der Waals surface area contributed by atoms with Crippen LogP contribution in [-0.2, 0) is 4.79 Å². The second kappa shape index (κ2) is 3.75. The number of carbonyl (C=O) groups excluding carboxylic acids is 1. The Hall–Kier alpha value is -0.330. The molecule has 1 saturated carbocycles. The van der Waals surface area contributed by atoms with Crippen LogP contribution < -0.4 is 0 Å². The summed E-state index contributed by atoms with van der Waals surface area (Å²) in [5.74, 6) is 1.32. The molecule has 0 aromatic heterocycles. The van der Waals surface area contributed by atoms with Crippen LogP contribution in [0.2, 0.25) is 0 Å². The van der Waals surface area contributed by atoms with Crippen molar-refractivity contribution in [1.29, 1.82) is 0 Å². The van der Waals surface area contributed by atoms with Gasteiger partial charge in [-0.25, -0.2) is 0 Å². The largest absolute Gasteiger partial charge is 0.300 e. The van der Waals surface area contributed by atoms with E-state index in [4.69, 9.17) is 0 Å². The van der Waals surface area contributed by atoms with Gasteiger partial charge in [-0.1, -0.05) is 25.7 Å². The summed E-state index contributed by atoms with van der Waals surface area (Å²) in [7, 11) is 0. The molecule has 0 spiro atoms. The van der Waals surface area contributed by atoms with Gasteiger partial charge < -0.3 is 4.79 Å². The molecule has 1 nitrogen and oxygen atoms in total. The Kier molecular flexibility index (Phi) is 2.91. The maximum atomic E-state index is 10.5. The smallest absolute Gasteiger partial charge is 0.129 e. The minimum atomic E-state index is 0.347. The van der Waals surface area contributed by atoms with E-state index in [1.165, 1.54) is 25.7 Å². The second-order valence-electron chi connectivity index (χ2n) is 3.39. The van der Waals surface area contributed by atoms with Gasteiger partial charge in [-0.3, -0.25) is 0 Å². The SMILES string of the molecule is CC(=O)CCCC1CCC1. The van der Waals surface area contributed by atoms with E-state index in [1.807, 2.05) is 0 Å². The van der Waals surface area contributed by atoms with E-state index in [0.717, 1.165) is 18.8 Å². The number of carbonyl (C=O) groups is 1. The van der Waals surface area contributed by atoms with Crippen LogP contribution in [0.5, 0.6) is 0 Å². The first-order valence-corrected chi connectivity index (χ1v) is 4.28. The first kappa shape index (κ1) is 7.77. The van der Waals surface area contributed by atoms with Crippen LogP contribution in [0.3, 0.4) is 0 Å². The fourth-order valence-corrected chi connectivity index (χ4v) is 1.42. The van der Waals surface area contributed by atoms with Crippen LogP contribution in [-0.4, -0.2) is 5.78 Å². The zero-order chi connectivity index (χ0) is 7.40. The van der Waals surface area contributed by atoms with Gasteiger partial charge in [-0.15, -0.1) is 0 Å². The average Bonchev–Trinajstić information content (AvgIpc) is 1.75. The van der Waals surface area contributed by atoms with E-state index in [1.54, 1.807) is 6.92 Å². The lowest BCUT2D eigenvalue weighted by atomic mass is 9.82. The van der Waals surface area contributed by atoms with E-state index in [0.29, 0.717) is 5.78 Å². The molecule has 0 saturated heterocycles. The third-order valence-electron chi connectivity index (χ3n) is 2.37. The Balaban J connectivity index is 1.89. The molecule has 1 heteroatoms. The van der Waals surface area contributed by atoms with Crippen LogP contribution in [0.1, 0.15) is 45.4 Å². The summed E-state index contributed by atoms with van der Waals surface area (Å²) < 4.78 is 0. The lowest BCUT2D eigenvalue weighted by molar-refractivity contribution is -0.117. The molecular formula is C9H16O. The number of ketones is 1. The summed E-state index contributed by atoms with van der Waals surface area (Å²) in [6.07, 6.45) is 7.47. The van der Waals surface area contributed by atoms with Gasteiger partial charge in [-0.05, 0) is 19.3 Å². The highest BCUT2D eigenvalue weighted by Crippen LogP contribution is 2.30. The van der Waals surface area contributed by atoms with E-state index in [-0.39, 0.29) is 0 Å². The van der Waals surface area contributed by atoms with Crippen molar-refractivity contribution in [2.75, 3.05) is 0 Å². The first-order chi connectivity index (χ1) is 4.79. The van der Waals surface area contributed by atoms with Crippen LogP contribution in [0, 0.1) is 5.92 Å². The molecular weight excluding hydrogens is 124 g/mol. The molecule has 0 aromatic carbocycles. The van der Waals surface area contributed by atoms with Gasteiger partial charge >= 0.3 is 0 Å². The number of Topliss-reactive ketones (excluding diaryl/α,β-unsaturated/α-hetero) is 1. The molecule has 0 N–H and O–H groups in total. The quantitative estimate of drug-likeness (QED) is 0.586. The molecule has 0 amide bonds. The zero-order valence-corrected chi connectivity index (χ0v) is 6.73. The molecule has 1 aliphatic rings. The van der Waals surface area contributed by atoms with E-state index in [2.05, 4.69) is 0 Å². The number of hydrogen-bond acceptors (Lipinski definition) is 1. The van der Waals surface area contributed by atoms with Crippen LogP contribution in [0.15, 0.2) is 0 Å². The lowest BCUT2D eigenvalue weighted by Gasteiger charge is -2.24. The van der Waals surface area contributed by atoms with Crippen molar-refractivity contribution in [3.8, 4) is 0 Å². The molecule has 0 aliphatic heterocycles. The topological polar surface area (TPSA) is 17.1 Å². The molecule has 10 heavy (non-hydrogen) atoms. The van der Waals surface area contributed by atoms with Crippen molar-refractivity contribution in [3.63, 3.8) is 0 Å². The molecule has 0 atom stereocenters. The summed E-state index contributed by atoms with van der Waals surface area (Å²) in [5.41, 5.74) is 0. The lowest BCUT2D eigenvalue weighted by Crippen LogP contribution is -2.10. The fourth-order valence-electron chi connectivity index (χ4n) is 1.42. The third kappa shape index (κ3) is 2.51. The predicted octanol–water partition coefficient (Wildman–Crippen LogP) is 2.55. The third-order valence-corrected chi connectivity index (χ3v) is 2.37. The normalized spacial score (nSPS) is 18.5. The molecule has 0 aromatic rings. The van der Waals surface area contributed by atoms with Gasteiger partial charge in [0.2, 0.25) is 0 Å². The molecule has 0 heterocycles. The fraction of sp³-hybridized carbons (Fsp3) is 0.889. The highest BCUT2D eigenvalue weighted by molar-refractivity contribution is 5.75. The number of rotatable bonds is 4. The van der Waals surface area contributed by atoms with Crippen molar-refractivity contribution in [2.24, 2.45) is 5.92 Å². The maximum Gasteiger partial charge on any atom is 0.129 e. The molecule has 0 bridgehead atoms. The Bertz CT molecular complexity index is 114. The molecule has 58 valence electrons. The molecule has 1 aliphatic carbocycles. The summed E-state index contributed by atoms with van der Waals surface area (Å²) >= 11 is 0. The van der Waals surface area contributed by atoms with E-state index >= 15 is 0 Å². The highest BCUT2D eigenvalue weighted by atomic mass is 16.1. The van der Waals surface area contributed by atoms with Crippen molar-refractivity contribution in [1.82, 2.24) is 0 Å². The minimum absolute atomic E-state index is 0.347. The zero-order valence-electron chi connectivity index (χ0n) is 6.73. The highest BCUT2D eigenvalue weighted by Gasteiger charge is 2.16. The van der Waals surface area contributed by atoms with Crippen LogP contribution in [0.4, 0.5) is 0 Å². The Morgan fingerprint density at radius 3 is 2.60 bits per heavy atom. The molecule has 0 unspecified atom stereocenters. The monoisotopic (exact) mass is 140 g/mol. The van der Waals surface area contributed by atoms with Crippen molar-refractivity contribution in [2.45, 2.75) is 45.4 Å². The standard InChI is InChI=1S/C9H16O/c1-8(10)4-2-5-9-6-3-7-9/h9H,2-7H2,1H3. The van der Waals surface area contributed by atoms with Gasteiger partial charge in [0.1, 0.15) is 5.78 Å². The van der Waals surface area contributed by atoms with E-state index in [9.17, 15) is 4.79 Å². The van der Waals surface area contributed by atoms with Gasteiger partial charge in [0.15, 0.2) is 0 Å².